The predicted octanol–water partition coefficient (Wildman–Crippen LogP) is 4.65. The van der Waals surface area contributed by atoms with Crippen LogP contribution in [0.2, 0.25) is 0 Å². The molecule has 0 fully saturated rings. The molecule has 25 heavy (non-hydrogen) atoms. The Hall–Kier alpha value is -2.75. The molecule has 0 radical (unpaired) electrons. The molecule has 1 N–H and O–H groups in total. The second-order valence-corrected chi connectivity index (χ2v) is 6.80. The highest BCUT2D eigenvalue weighted by Gasteiger charge is 2.12. The minimum Gasteiger partial charge on any atom is -0.497 e. The molecule has 4 nitrogen and oxygen atoms in total. The van der Waals surface area contributed by atoms with Crippen LogP contribution in [0.25, 0.3) is 6.08 Å². The van der Waals surface area contributed by atoms with Gasteiger partial charge in [0.1, 0.15) is 11.5 Å². The Bertz CT molecular complexity index is 733. The molecule has 0 spiro atoms. The molecule has 0 unspecified atom stereocenters. The van der Waals surface area contributed by atoms with E-state index in [2.05, 4.69) is 38.2 Å². The summed E-state index contributed by atoms with van der Waals surface area (Å²) in [5.41, 5.74) is 2.98. The van der Waals surface area contributed by atoms with Crippen LogP contribution in [0, 0.1) is 0 Å². The van der Waals surface area contributed by atoms with E-state index in [4.69, 9.17) is 9.47 Å². The van der Waals surface area contributed by atoms with E-state index in [1.165, 1.54) is 11.6 Å². The van der Waals surface area contributed by atoms with E-state index in [-0.39, 0.29) is 11.3 Å². The fraction of sp³-hybridized carbons (Fsp3) is 0.286. The van der Waals surface area contributed by atoms with Crippen molar-refractivity contribution in [2.45, 2.75) is 26.2 Å². The summed E-state index contributed by atoms with van der Waals surface area (Å²) < 4.78 is 10.4. The molecule has 0 aliphatic heterocycles. The van der Waals surface area contributed by atoms with E-state index in [0.717, 1.165) is 5.56 Å². The fourth-order valence-electron chi connectivity index (χ4n) is 2.33. The summed E-state index contributed by atoms with van der Waals surface area (Å²) in [6, 6.07) is 13.4. The third-order valence-corrected chi connectivity index (χ3v) is 3.82. The van der Waals surface area contributed by atoms with Gasteiger partial charge in [0.15, 0.2) is 0 Å². The van der Waals surface area contributed by atoms with Gasteiger partial charge in [-0.2, -0.15) is 0 Å². The van der Waals surface area contributed by atoms with Crippen molar-refractivity contribution in [3.63, 3.8) is 0 Å². The molecule has 0 aliphatic rings. The Kier molecular flexibility index (Phi) is 5.86. The maximum absolute atomic E-state index is 12.1. The third-order valence-electron chi connectivity index (χ3n) is 3.82. The van der Waals surface area contributed by atoms with E-state index in [0.29, 0.717) is 17.2 Å². The van der Waals surface area contributed by atoms with Gasteiger partial charge < -0.3 is 14.8 Å². The molecule has 0 atom stereocenters. The molecular weight excluding hydrogens is 314 g/mol. The SMILES string of the molecule is COc1cc(NC(=O)/C=C/c2ccc(C(C)(C)C)cc2)cc(OC)c1. The number of nitrogens with one attached hydrogen (secondary N) is 1. The molecule has 2 aromatic carbocycles. The van der Waals surface area contributed by atoms with Crippen molar-refractivity contribution in [2.24, 2.45) is 0 Å². The molecule has 0 aliphatic carbocycles. The first-order valence-corrected chi connectivity index (χ1v) is 8.14. The second-order valence-electron chi connectivity index (χ2n) is 6.80. The van der Waals surface area contributed by atoms with Crippen molar-refractivity contribution >= 4 is 17.7 Å². The minimum atomic E-state index is -0.213. The smallest absolute Gasteiger partial charge is 0.248 e. The van der Waals surface area contributed by atoms with Crippen molar-refractivity contribution in [1.82, 2.24) is 0 Å². The molecule has 0 saturated heterocycles. The van der Waals surface area contributed by atoms with Crippen molar-refractivity contribution in [2.75, 3.05) is 19.5 Å². The molecular formula is C21H25NO3. The topological polar surface area (TPSA) is 47.6 Å². The Balaban J connectivity index is 2.06. The van der Waals surface area contributed by atoms with E-state index in [9.17, 15) is 4.79 Å². The van der Waals surface area contributed by atoms with Crippen LogP contribution in [0.3, 0.4) is 0 Å². The van der Waals surface area contributed by atoms with Crippen LogP contribution < -0.4 is 14.8 Å². The van der Waals surface area contributed by atoms with Gasteiger partial charge in [0.2, 0.25) is 5.91 Å². The minimum absolute atomic E-state index is 0.116. The standard InChI is InChI=1S/C21H25NO3/c1-21(2,3)16-9-6-15(7-10-16)8-11-20(23)22-17-12-18(24-4)14-19(13-17)25-5/h6-14H,1-5H3,(H,22,23)/b11-8+. The molecule has 0 aromatic heterocycles. The molecule has 132 valence electrons. The summed E-state index contributed by atoms with van der Waals surface area (Å²) in [5.74, 6) is 1.03. The highest BCUT2D eigenvalue weighted by molar-refractivity contribution is 6.02. The first-order valence-electron chi connectivity index (χ1n) is 8.14. The summed E-state index contributed by atoms with van der Waals surface area (Å²) in [6.07, 6.45) is 3.30. The van der Waals surface area contributed by atoms with Crippen LogP contribution in [-0.4, -0.2) is 20.1 Å². The summed E-state index contributed by atoms with van der Waals surface area (Å²) in [6.45, 7) is 6.52. The third kappa shape index (κ3) is 5.38. The van der Waals surface area contributed by atoms with Gasteiger partial charge in [-0.1, -0.05) is 45.0 Å². The number of amides is 1. The maximum atomic E-state index is 12.1. The monoisotopic (exact) mass is 339 g/mol. The zero-order valence-electron chi connectivity index (χ0n) is 15.4. The van der Waals surface area contributed by atoms with Gasteiger partial charge in [0, 0.05) is 30.0 Å². The lowest BCUT2D eigenvalue weighted by Crippen LogP contribution is -2.10. The van der Waals surface area contributed by atoms with Crippen LogP contribution >= 0.6 is 0 Å². The number of rotatable bonds is 5. The number of benzene rings is 2. The lowest BCUT2D eigenvalue weighted by atomic mass is 9.87. The lowest BCUT2D eigenvalue weighted by Gasteiger charge is -2.18. The molecule has 2 rings (SSSR count). The predicted molar refractivity (Wildman–Crippen MR) is 102 cm³/mol. The van der Waals surface area contributed by atoms with Crippen molar-refractivity contribution in [3.05, 3.63) is 59.7 Å². The van der Waals surface area contributed by atoms with E-state index in [1.54, 1.807) is 38.5 Å². The van der Waals surface area contributed by atoms with Gasteiger partial charge in [-0.05, 0) is 22.6 Å². The first kappa shape index (κ1) is 18.6. The summed E-state index contributed by atoms with van der Waals surface area (Å²) in [4.78, 5) is 12.1. The van der Waals surface area contributed by atoms with Crippen LogP contribution in [-0.2, 0) is 10.2 Å². The summed E-state index contributed by atoms with van der Waals surface area (Å²) >= 11 is 0. The number of methoxy groups -OCH3 is 2. The van der Waals surface area contributed by atoms with Crippen LogP contribution in [0.15, 0.2) is 48.5 Å². The normalized spacial score (nSPS) is 11.4. The van der Waals surface area contributed by atoms with Crippen molar-refractivity contribution < 1.29 is 14.3 Å². The molecule has 4 heteroatoms. The van der Waals surface area contributed by atoms with Gasteiger partial charge in [0.05, 0.1) is 14.2 Å². The van der Waals surface area contributed by atoms with Gasteiger partial charge in [-0.3, -0.25) is 4.79 Å². The van der Waals surface area contributed by atoms with E-state index < -0.39 is 0 Å². The first-order chi connectivity index (χ1) is 11.8. The van der Waals surface area contributed by atoms with E-state index in [1.807, 2.05) is 12.1 Å². The Labute approximate surface area is 149 Å². The molecule has 2 aromatic rings. The number of hydrogen-bond acceptors (Lipinski definition) is 3. The largest absolute Gasteiger partial charge is 0.497 e. The summed E-state index contributed by atoms with van der Waals surface area (Å²) in [5, 5.41) is 2.81. The summed E-state index contributed by atoms with van der Waals surface area (Å²) in [7, 11) is 3.14. The van der Waals surface area contributed by atoms with Gasteiger partial charge in [-0.15, -0.1) is 0 Å². The van der Waals surface area contributed by atoms with Crippen LogP contribution in [0.4, 0.5) is 5.69 Å². The van der Waals surface area contributed by atoms with Gasteiger partial charge in [0.25, 0.3) is 0 Å². The highest BCUT2D eigenvalue weighted by atomic mass is 16.5. The van der Waals surface area contributed by atoms with Gasteiger partial charge >= 0.3 is 0 Å². The molecule has 0 heterocycles. The zero-order valence-corrected chi connectivity index (χ0v) is 15.4. The molecule has 0 saturated carbocycles. The number of carbonyl (C=O) groups excluding carboxylic acids is 1. The van der Waals surface area contributed by atoms with Crippen LogP contribution in [0.5, 0.6) is 11.5 Å². The lowest BCUT2D eigenvalue weighted by molar-refractivity contribution is -0.111. The average molecular weight is 339 g/mol. The maximum Gasteiger partial charge on any atom is 0.248 e. The number of anilines is 1. The highest BCUT2D eigenvalue weighted by Crippen LogP contribution is 2.26. The zero-order chi connectivity index (χ0) is 18.4. The Morgan fingerprint density at radius 1 is 0.960 bits per heavy atom. The number of carbonyl (C=O) groups is 1. The quantitative estimate of drug-likeness (QED) is 0.806. The number of ether oxygens (including phenoxy) is 2. The van der Waals surface area contributed by atoms with E-state index >= 15 is 0 Å². The average Bonchev–Trinajstić information content (AvgIpc) is 2.59. The molecule has 0 bridgehead atoms. The van der Waals surface area contributed by atoms with Crippen molar-refractivity contribution in [1.29, 1.82) is 0 Å². The van der Waals surface area contributed by atoms with Crippen LogP contribution in [0.1, 0.15) is 31.9 Å². The molecule has 1 amide bonds. The Morgan fingerprint density at radius 3 is 2.00 bits per heavy atom. The Morgan fingerprint density at radius 2 is 1.52 bits per heavy atom. The number of hydrogen-bond donors (Lipinski definition) is 1. The second kappa shape index (κ2) is 7.88. The van der Waals surface area contributed by atoms with Gasteiger partial charge in [-0.25, -0.2) is 0 Å². The van der Waals surface area contributed by atoms with Crippen molar-refractivity contribution in [3.8, 4) is 11.5 Å². The fourth-order valence-corrected chi connectivity index (χ4v) is 2.33.